The number of rotatable bonds is 5. The minimum Gasteiger partial charge on any atom is -0.480 e. The van der Waals surface area contributed by atoms with Crippen LogP contribution in [0.1, 0.15) is 26.2 Å². The number of aromatic nitrogens is 2. The first-order chi connectivity index (χ1) is 10.1. The summed E-state index contributed by atoms with van der Waals surface area (Å²) in [7, 11) is 0. The summed E-state index contributed by atoms with van der Waals surface area (Å²) in [6.07, 6.45) is 5.72. The molecule has 2 N–H and O–H groups in total. The minimum absolute atomic E-state index is 0.283. The van der Waals surface area contributed by atoms with Crippen LogP contribution in [0.25, 0.3) is 0 Å². The number of carboxylic acid groups (broad SMARTS) is 1. The average molecular weight is 294 g/mol. The average Bonchev–Trinajstić information content (AvgIpc) is 2.96. The molecule has 0 aliphatic carbocycles. The Morgan fingerprint density at radius 2 is 2.29 bits per heavy atom. The number of nitrogens with zero attached hydrogens (tertiary/aromatic N) is 3. The Hall–Kier alpha value is -2.05. The van der Waals surface area contributed by atoms with Crippen LogP contribution in [-0.4, -0.2) is 50.9 Å². The van der Waals surface area contributed by atoms with Crippen molar-refractivity contribution in [3.8, 4) is 0 Å². The SMILES string of the molecule is CC1CCN(C(=O)NCCCn2cccn2)C(C(=O)O)C1. The van der Waals surface area contributed by atoms with Crippen LogP contribution in [0.5, 0.6) is 0 Å². The molecule has 21 heavy (non-hydrogen) atoms. The number of likely N-dealkylation sites (tertiary alicyclic amines) is 1. The number of carbonyl (C=O) groups is 2. The molecule has 1 aliphatic heterocycles. The smallest absolute Gasteiger partial charge is 0.326 e. The number of amides is 2. The molecule has 1 aromatic heterocycles. The van der Waals surface area contributed by atoms with Crippen molar-refractivity contribution in [1.29, 1.82) is 0 Å². The summed E-state index contributed by atoms with van der Waals surface area (Å²) in [5.41, 5.74) is 0. The highest BCUT2D eigenvalue weighted by molar-refractivity contribution is 5.82. The molecule has 116 valence electrons. The van der Waals surface area contributed by atoms with E-state index in [9.17, 15) is 14.7 Å². The lowest BCUT2D eigenvalue weighted by atomic mass is 9.93. The third-order valence-corrected chi connectivity index (χ3v) is 3.81. The van der Waals surface area contributed by atoms with E-state index < -0.39 is 12.0 Å². The molecule has 0 radical (unpaired) electrons. The number of aryl methyl sites for hydroxylation is 1. The zero-order chi connectivity index (χ0) is 15.2. The predicted molar refractivity (Wildman–Crippen MR) is 76.8 cm³/mol. The van der Waals surface area contributed by atoms with Gasteiger partial charge < -0.3 is 15.3 Å². The summed E-state index contributed by atoms with van der Waals surface area (Å²) in [4.78, 5) is 24.8. The van der Waals surface area contributed by atoms with Crippen molar-refractivity contribution in [2.45, 2.75) is 38.8 Å². The zero-order valence-electron chi connectivity index (χ0n) is 12.2. The molecule has 2 amide bonds. The molecular formula is C14H22N4O3. The molecule has 1 aliphatic rings. The summed E-state index contributed by atoms with van der Waals surface area (Å²) < 4.78 is 1.80. The number of piperidine rings is 1. The van der Waals surface area contributed by atoms with Gasteiger partial charge in [-0.05, 0) is 31.2 Å². The van der Waals surface area contributed by atoms with E-state index in [1.165, 1.54) is 4.90 Å². The Labute approximate surface area is 123 Å². The van der Waals surface area contributed by atoms with Gasteiger partial charge >= 0.3 is 12.0 Å². The van der Waals surface area contributed by atoms with E-state index >= 15 is 0 Å². The van der Waals surface area contributed by atoms with Crippen LogP contribution in [0.15, 0.2) is 18.5 Å². The lowest BCUT2D eigenvalue weighted by Crippen LogP contribution is -2.53. The maximum absolute atomic E-state index is 12.1. The van der Waals surface area contributed by atoms with Crippen molar-refractivity contribution in [2.24, 2.45) is 5.92 Å². The number of hydrogen-bond acceptors (Lipinski definition) is 3. The Morgan fingerprint density at radius 1 is 1.48 bits per heavy atom. The predicted octanol–water partition coefficient (Wildman–Crippen LogP) is 1.17. The second-order valence-electron chi connectivity index (χ2n) is 5.53. The molecule has 0 spiro atoms. The minimum atomic E-state index is -0.923. The van der Waals surface area contributed by atoms with E-state index in [0.717, 1.165) is 19.4 Å². The Bertz CT molecular complexity index is 475. The summed E-state index contributed by atoms with van der Waals surface area (Å²) >= 11 is 0. The van der Waals surface area contributed by atoms with Crippen LogP contribution in [0.2, 0.25) is 0 Å². The Balaban J connectivity index is 1.77. The first kappa shape index (κ1) is 15.3. The van der Waals surface area contributed by atoms with Gasteiger partial charge in [-0.3, -0.25) is 4.68 Å². The van der Waals surface area contributed by atoms with Crippen molar-refractivity contribution in [2.75, 3.05) is 13.1 Å². The molecule has 1 saturated heterocycles. The molecule has 7 heteroatoms. The van der Waals surface area contributed by atoms with Crippen LogP contribution in [0.4, 0.5) is 4.79 Å². The highest BCUT2D eigenvalue weighted by Gasteiger charge is 2.34. The standard InChI is InChI=1S/C14H22N4O3/c1-11-4-9-18(12(10-11)13(19)20)14(21)15-5-2-7-17-8-3-6-16-17/h3,6,8,11-12H,2,4-5,7,9-10H2,1H3,(H,15,21)(H,19,20). The monoisotopic (exact) mass is 294 g/mol. The molecule has 7 nitrogen and oxygen atoms in total. The number of aliphatic carboxylic acids is 1. The number of carboxylic acids is 1. The topological polar surface area (TPSA) is 87.5 Å². The molecule has 2 atom stereocenters. The molecule has 2 unspecified atom stereocenters. The van der Waals surface area contributed by atoms with Crippen molar-refractivity contribution in [3.05, 3.63) is 18.5 Å². The summed E-state index contributed by atoms with van der Waals surface area (Å²) in [6, 6.07) is 0.861. The third kappa shape index (κ3) is 4.21. The number of urea groups is 1. The second-order valence-corrected chi connectivity index (χ2v) is 5.53. The number of nitrogens with one attached hydrogen (secondary N) is 1. The van der Waals surface area contributed by atoms with Crippen LogP contribution in [0, 0.1) is 5.92 Å². The van der Waals surface area contributed by atoms with Crippen molar-refractivity contribution in [3.63, 3.8) is 0 Å². The molecule has 0 bridgehead atoms. The lowest BCUT2D eigenvalue weighted by molar-refractivity contribution is -0.143. The van der Waals surface area contributed by atoms with Gasteiger partial charge in [0.05, 0.1) is 0 Å². The molecule has 0 aromatic carbocycles. The normalized spacial score (nSPS) is 22.0. The number of carbonyl (C=O) groups excluding carboxylic acids is 1. The molecule has 0 saturated carbocycles. The van der Waals surface area contributed by atoms with Gasteiger partial charge in [-0.1, -0.05) is 6.92 Å². The third-order valence-electron chi connectivity index (χ3n) is 3.81. The van der Waals surface area contributed by atoms with Gasteiger partial charge in [-0.15, -0.1) is 0 Å². The highest BCUT2D eigenvalue weighted by atomic mass is 16.4. The van der Waals surface area contributed by atoms with Crippen LogP contribution in [-0.2, 0) is 11.3 Å². The largest absolute Gasteiger partial charge is 0.480 e. The van der Waals surface area contributed by atoms with Crippen LogP contribution in [0.3, 0.4) is 0 Å². The molecular weight excluding hydrogens is 272 g/mol. The fourth-order valence-corrected chi connectivity index (χ4v) is 2.59. The van der Waals surface area contributed by atoms with Gasteiger partial charge in [0, 0.05) is 32.0 Å². The summed E-state index contributed by atoms with van der Waals surface area (Å²) in [5, 5.41) is 16.1. The fourth-order valence-electron chi connectivity index (χ4n) is 2.59. The first-order valence-corrected chi connectivity index (χ1v) is 7.32. The fraction of sp³-hybridized carbons (Fsp3) is 0.643. The molecule has 1 aromatic rings. The Morgan fingerprint density at radius 3 is 2.95 bits per heavy atom. The molecule has 1 fully saturated rings. The molecule has 2 heterocycles. The van der Waals surface area contributed by atoms with E-state index in [1.807, 2.05) is 19.2 Å². The highest BCUT2D eigenvalue weighted by Crippen LogP contribution is 2.22. The van der Waals surface area contributed by atoms with Gasteiger partial charge in [0.15, 0.2) is 0 Å². The molecule has 2 rings (SSSR count). The lowest BCUT2D eigenvalue weighted by Gasteiger charge is -2.35. The van der Waals surface area contributed by atoms with E-state index in [4.69, 9.17) is 0 Å². The van der Waals surface area contributed by atoms with Crippen molar-refractivity contribution < 1.29 is 14.7 Å². The van der Waals surface area contributed by atoms with E-state index in [-0.39, 0.29) is 6.03 Å². The summed E-state index contributed by atoms with van der Waals surface area (Å²) in [6.45, 7) is 3.77. The second kappa shape index (κ2) is 7.10. The van der Waals surface area contributed by atoms with E-state index in [1.54, 1.807) is 10.9 Å². The van der Waals surface area contributed by atoms with Gasteiger partial charge in [0.2, 0.25) is 0 Å². The van der Waals surface area contributed by atoms with Crippen molar-refractivity contribution in [1.82, 2.24) is 20.0 Å². The van der Waals surface area contributed by atoms with Crippen LogP contribution < -0.4 is 5.32 Å². The van der Waals surface area contributed by atoms with Gasteiger partial charge in [0.25, 0.3) is 0 Å². The van der Waals surface area contributed by atoms with Crippen molar-refractivity contribution >= 4 is 12.0 Å². The summed E-state index contributed by atoms with van der Waals surface area (Å²) in [5.74, 6) is -0.580. The van der Waals surface area contributed by atoms with Gasteiger partial charge in [-0.2, -0.15) is 5.10 Å². The van der Waals surface area contributed by atoms with E-state index in [2.05, 4.69) is 10.4 Å². The van der Waals surface area contributed by atoms with Gasteiger partial charge in [-0.25, -0.2) is 9.59 Å². The maximum Gasteiger partial charge on any atom is 0.326 e. The maximum atomic E-state index is 12.1. The Kier molecular flexibility index (Phi) is 5.19. The quantitative estimate of drug-likeness (QED) is 0.798. The zero-order valence-corrected chi connectivity index (χ0v) is 12.2. The van der Waals surface area contributed by atoms with Crippen LogP contribution >= 0.6 is 0 Å². The van der Waals surface area contributed by atoms with Gasteiger partial charge in [0.1, 0.15) is 6.04 Å². The first-order valence-electron chi connectivity index (χ1n) is 7.32. The van der Waals surface area contributed by atoms with E-state index in [0.29, 0.717) is 25.4 Å². The number of hydrogen-bond donors (Lipinski definition) is 2.